The molecular formula is C32H41N3O3. The predicted octanol–water partition coefficient (Wildman–Crippen LogP) is 6.57. The van der Waals surface area contributed by atoms with E-state index in [2.05, 4.69) is 57.7 Å². The molecule has 1 saturated heterocycles. The number of nitrogens with zero attached hydrogens (tertiary/aromatic N) is 3. The molecule has 0 bridgehead atoms. The van der Waals surface area contributed by atoms with E-state index in [4.69, 9.17) is 4.63 Å². The van der Waals surface area contributed by atoms with Crippen LogP contribution in [0.2, 0.25) is 0 Å². The summed E-state index contributed by atoms with van der Waals surface area (Å²) in [7, 11) is 0. The summed E-state index contributed by atoms with van der Waals surface area (Å²) in [5, 5.41) is 17.9. The molecule has 6 heteroatoms. The zero-order valence-corrected chi connectivity index (χ0v) is 22.4. The minimum Gasteiger partial charge on any atom is -0.481 e. The number of aromatic nitrogens is 2. The lowest BCUT2D eigenvalue weighted by Crippen LogP contribution is -2.37. The van der Waals surface area contributed by atoms with E-state index in [0.29, 0.717) is 23.7 Å². The summed E-state index contributed by atoms with van der Waals surface area (Å²) in [5.74, 6) is 2.09. The quantitative estimate of drug-likeness (QED) is 0.311. The fourth-order valence-electron chi connectivity index (χ4n) is 7.38. The molecule has 3 aliphatic rings. The van der Waals surface area contributed by atoms with E-state index >= 15 is 0 Å². The van der Waals surface area contributed by atoms with Crippen molar-refractivity contribution in [2.45, 2.75) is 70.1 Å². The number of likely N-dealkylation sites (tertiary alicyclic amines) is 1. The number of carbonyl (C=O) groups is 1. The zero-order chi connectivity index (χ0) is 25.9. The van der Waals surface area contributed by atoms with Crippen LogP contribution in [0.15, 0.2) is 53.2 Å². The van der Waals surface area contributed by atoms with E-state index in [9.17, 15) is 9.90 Å². The Balaban J connectivity index is 1.01. The van der Waals surface area contributed by atoms with Crippen LogP contribution in [0, 0.1) is 29.6 Å². The molecule has 1 aromatic heterocycles. The summed E-state index contributed by atoms with van der Waals surface area (Å²) in [6.45, 7) is 3.47. The molecule has 2 aliphatic carbocycles. The number of piperidine rings is 1. The third-order valence-corrected chi connectivity index (χ3v) is 9.73. The number of hydrogen-bond donors (Lipinski definition) is 1. The molecule has 2 saturated carbocycles. The Hall–Kier alpha value is -2.73. The Bertz CT molecular complexity index is 1200. The maximum Gasteiger partial charge on any atom is 0.306 e. The van der Waals surface area contributed by atoms with E-state index in [1.54, 1.807) is 0 Å². The minimum absolute atomic E-state index is 0.161. The molecule has 38 heavy (non-hydrogen) atoms. The summed E-state index contributed by atoms with van der Waals surface area (Å²) < 4.78 is 4.82. The van der Waals surface area contributed by atoms with Gasteiger partial charge in [-0.05, 0) is 121 Å². The first-order chi connectivity index (χ1) is 18.6. The van der Waals surface area contributed by atoms with Gasteiger partial charge < -0.3 is 10.0 Å². The Kier molecular flexibility index (Phi) is 7.77. The Morgan fingerprint density at radius 1 is 0.974 bits per heavy atom. The number of aryl methyl sites for hydroxylation is 1. The number of carboxylic acid groups (broad SMARTS) is 1. The van der Waals surface area contributed by atoms with Gasteiger partial charge in [0.05, 0.1) is 5.92 Å². The smallest absolute Gasteiger partial charge is 0.306 e. The Morgan fingerprint density at radius 2 is 1.76 bits per heavy atom. The first-order valence-corrected chi connectivity index (χ1v) is 14.8. The van der Waals surface area contributed by atoms with Gasteiger partial charge in [-0.25, -0.2) is 4.63 Å². The van der Waals surface area contributed by atoms with Gasteiger partial charge in [0.1, 0.15) is 11.0 Å². The third kappa shape index (κ3) is 6.12. The molecule has 0 spiro atoms. The van der Waals surface area contributed by atoms with Crippen LogP contribution in [0.5, 0.6) is 0 Å². The van der Waals surface area contributed by atoms with E-state index in [0.717, 1.165) is 49.2 Å². The van der Waals surface area contributed by atoms with Gasteiger partial charge in [-0.1, -0.05) is 55.7 Å². The monoisotopic (exact) mass is 515 g/mol. The van der Waals surface area contributed by atoms with Crippen molar-refractivity contribution in [2.24, 2.45) is 29.6 Å². The van der Waals surface area contributed by atoms with Gasteiger partial charge in [0.2, 0.25) is 0 Å². The van der Waals surface area contributed by atoms with Crippen LogP contribution in [0.4, 0.5) is 0 Å². The molecule has 2 unspecified atom stereocenters. The summed E-state index contributed by atoms with van der Waals surface area (Å²) in [6.07, 6.45) is 11.6. The van der Waals surface area contributed by atoms with Crippen molar-refractivity contribution < 1.29 is 14.5 Å². The van der Waals surface area contributed by atoms with Crippen molar-refractivity contribution in [1.82, 2.24) is 15.2 Å². The first-order valence-electron chi connectivity index (χ1n) is 14.8. The maximum absolute atomic E-state index is 12.2. The van der Waals surface area contributed by atoms with Crippen molar-refractivity contribution in [3.05, 3.63) is 59.7 Å². The lowest BCUT2D eigenvalue weighted by molar-refractivity contribution is -0.144. The summed E-state index contributed by atoms with van der Waals surface area (Å²) in [6, 6.07) is 17.2. The van der Waals surface area contributed by atoms with E-state index in [1.807, 2.05) is 6.07 Å². The van der Waals surface area contributed by atoms with Crippen LogP contribution in [-0.2, 0) is 11.2 Å². The van der Waals surface area contributed by atoms with Crippen molar-refractivity contribution >= 4 is 17.0 Å². The molecule has 1 N–H and O–H groups in total. The van der Waals surface area contributed by atoms with Gasteiger partial charge >= 0.3 is 5.97 Å². The highest BCUT2D eigenvalue weighted by Crippen LogP contribution is 2.49. The molecule has 2 aromatic carbocycles. The lowest BCUT2D eigenvalue weighted by atomic mass is 9.85. The average molecular weight is 516 g/mol. The van der Waals surface area contributed by atoms with Crippen LogP contribution >= 0.6 is 0 Å². The molecule has 3 aromatic rings. The van der Waals surface area contributed by atoms with Crippen LogP contribution in [0.3, 0.4) is 0 Å². The van der Waals surface area contributed by atoms with Crippen molar-refractivity contribution in [1.29, 1.82) is 0 Å². The molecule has 6 nitrogen and oxygen atoms in total. The van der Waals surface area contributed by atoms with E-state index < -0.39 is 5.97 Å². The number of aliphatic carboxylic acids is 1. The molecule has 202 valence electrons. The number of benzene rings is 2. The lowest BCUT2D eigenvalue weighted by Gasteiger charge is -2.35. The van der Waals surface area contributed by atoms with E-state index in [1.165, 1.54) is 62.7 Å². The van der Waals surface area contributed by atoms with Crippen molar-refractivity contribution in [2.75, 3.05) is 19.6 Å². The normalized spacial score (nSPS) is 25.6. The van der Waals surface area contributed by atoms with Gasteiger partial charge in [-0.15, -0.1) is 0 Å². The topological polar surface area (TPSA) is 79.5 Å². The first kappa shape index (κ1) is 25.5. The average Bonchev–Trinajstić information content (AvgIpc) is 3.48. The minimum atomic E-state index is -0.562. The SMILES string of the molecule is O=C(O)C(CC1CC1)C1C[C@H](CN2CCC(CCCc3ccc4nonc4c3)CC2)[C@@H](c2ccccc2)C1. The highest BCUT2D eigenvalue weighted by Gasteiger charge is 2.43. The molecule has 3 fully saturated rings. The largest absolute Gasteiger partial charge is 0.481 e. The van der Waals surface area contributed by atoms with Crippen molar-refractivity contribution in [3.63, 3.8) is 0 Å². The highest BCUT2D eigenvalue weighted by molar-refractivity contribution is 5.73. The van der Waals surface area contributed by atoms with Crippen LogP contribution in [0.1, 0.15) is 74.8 Å². The maximum atomic E-state index is 12.2. The fraction of sp³-hybridized carbons (Fsp3) is 0.594. The molecular weight excluding hydrogens is 474 g/mol. The second-order valence-corrected chi connectivity index (χ2v) is 12.4. The second-order valence-electron chi connectivity index (χ2n) is 12.4. The predicted molar refractivity (Wildman–Crippen MR) is 148 cm³/mol. The molecule has 1 aliphatic heterocycles. The molecule has 2 heterocycles. The van der Waals surface area contributed by atoms with Crippen molar-refractivity contribution in [3.8, 4) is 0 Å². The van der Waals surface area contributed by atoms with Gasteiger partial charge in [0.15, 0.2) is 0 Å². The molecule has 4 atom stereocenters. The summed E-state index contributed by atoms with van der Waals surface area (Å²) in [4.78, 5) is 14.9. The number of fused-ring (bicyclic) bond motifs is 1. The van der Waals surface area contributed by atoms with E-state index in [-0.39, 0.29) is 5.92 Å². The number of hydrogen-bond acceptors (Lipinski definition) is 5. The van der Waals surface area contributed by atoms with Gasteiger partial charge in [-0.2, -0.15) is 0 Å². The molecule has 0 amide bonds. The van der Waals surface area contributed by atoms with Gasteiger partial charge in [-0.3, -0.25) is 4.79 Å². The van der Waals surface area contributed by atoms with Crippen LogP contribution in [-0.4, -0.2) is 45.9 Å². The highest BCUT2D eigenvalue weighted by atomic mass is 16.6. The number of rotatable bonds is 11. The molecule has 0 radical (unpaired) electrons. The molecule has 6 rings (SSSR count). The standard InChI is InChI=1S/C32H41N3O3/c36-32(37)29(17-24-9-10-24)26-19-27(28(20-26)25-7-2-1-3-8-25)21-35-15-13-22(14-16-35)5-4-6-23-11-12-30-31(18-23)34-38-33-30/h1-3,7-8,11-12,18,22,24,26-29H,4-6,9-10,13-17,19-21H2,(H,36,37)/t26?,27-,28-,29?/m1/s1. The Morgan fingerprint density at radius 3 is 2.53 bits per heavy atom. The fourth-order valence-corrected chi connectivity index (χ4v) is 7.38. The van der Waals surface area contributed by atoms with Crippen LogP contribution in [0.25, 0.3) is 11.0 Å². The second kappa shape index (κ2) is 11.6. The zero-order valence-electron chi connectivity index (χ0n) is 22.4. The van der Waals surface area contributed by atoms with Crippen LogP contribution < -0.4 is 0 Å². The Labute approximate surface area is 225 Å². The van der Waals surface area contributed by atoms with Gasteiger partial charge in [0, 0.05) is 6.54 Å². The summed E-state index contributed by atoms with van der Waals surface area (Å²) in [5.41, 5.74) is 4.39. The summed E-state index contributed by atoms with van der Waals surface area (Å²) >= 11 is 0. The van der Waals surface area contributed by atoms with Gasteiger partial charge in [0.25, 0.3) is 0 Å². The number of carboxylic acids is 1. The third-order valence-electron chi connectivity index (χ3n) is 9.73.